The van der Waals surface area contributed by atoms with E-state index in [1.54, 1.807) is 18.3 Å². The lowest BCUT2D eigenvalue weighted by molar-refractivity contribution is 0.112. The summed E-state index contributed by atoms with van der Waals surface area (Å²) in [6, 6.07) is 11.0. The maximum atomic E-state index is 10.8. The Morgan fingerprint density at radius 3 is 2.69 bits per heavy atom. The molecule has 0 radical (unpaired) electrons. The van der Waals surface area contributed by atoms with E-state index < -0.39 is 0 Å². The topological polar surface area (TPSA) is 30.0 Å². The molecular weight excluding hydrogens is 242 g/mol. The Bertz CT molecular complexity index is 499. The van der Waals surface area contributed by atoms with Crippen LogP contribution in [-0.4, -0.2) is 11.3 Å². The van der Waals surface area contributed by atoms with Gasteiger partial charge in [-0.3, -0.25) is 4.79 Å². The maximum Gasteiger partial charge on any atom is 0.151 e. The third-order valence-corrected chi connectivity index (χ3v) is 3.23. The van der Waals surface area contributed by atoms with Crippen LogP contribution in [0.25, 0.3) is 0 Å². The summed E-state index contributed by atoms with van der Waals surface area (Å²) in [6.07, 6.45) is 2.44. The summed E-state index contributed by atoms with van der Waals surface area (Å²) in [6.45, 7) is 0. The lowest BCUT2D eigenvalue weighted by Gasteiger charge is -2.03. The molecule has 2 nitrogen and oxygen atoms in total. The first-order valence-corrected chi connectivity index (χ1v) is 5.82. The van der Waals surface area contributed by atoms with Gasteiger partial charge in [0.25, 0.3) is 0 Å². The summed E-state index contributed by atoms with van der Waals surface area (Å²) in [7, 11) is 0. The highest BCUT2D eigenvalue weighted by molar-refractivity contribution is 7.99. The van der Waals surface area contributed by atoms with Crippen molar-refractivity contribution in [1.29, 1.82) is 0 Å². The summed E-state index contributed by atoms with van der Waals surface area (Å²) >= 11 is 7.19. The van der Waals surface area contributed by atoms with Crippen molar-refractivity contribution >= 4 is 29.6 Å². The molecule has 0 saturated heterocycles. The Hall–Kier alpha value is -1.32. The van der Waals surface area contributed by atoms with Crippen LogP contribution in [0.3, 0.4) is 0 Å². The normalized spacial score (nSPS) is 10.1. The van der Waals surface area contributed by atoms with Gasteiger partial charge in [-0.05, 0) is 18.2 Å². The third kappa shape index (κ3) is 2.62. The van der Waals surface area contributed by atoms with Gasteiger partial charge in [-0.15, -0.1) is 0 Å². The zero-order chi connectivity index (χ0) is 11.4. The Balaban J connectivity index is 2.26. The van der Waals surface area contributed by atoms with E-state index in [9.17, 15) is 4.79 Å². The molecule has 0 saturated carbocycles. The summed E-state index contributed by atoms with van der Waals surface area (Å²) in [4.78, 5) is 15.9. The first-order chi connectivity index (χ1) is 7.79. The van der Waals surface area contributed by atoms with Crippen LogP contribution in [0, 0.1) is 0 Å². The number of carbonyl (C=O) groups is 1. The molecule has 1 aromatic carbocycles. The number of carbonyl (C=O) groups excluding carboxylic acids is 1. The molecular formula is C12H8ClNOS. The maximum absolute atomic E-state index is 10.8. The molecule has 0 aliphatic heterocycles. The number of benzene rings is 1. The molecule has 2 aromatic rings. The number of hydrogen-bond acceptors (Lipinski definition) is 3. The van der Waals surface area contributed by atoms with Crippen molar-refractivity contribution in [3.63, 3.8) is 0 Å². The summed E-state index contributed by atoms with van der Waals surface area (Å²) in [5.41, 5.74) is 0.671. The minimum atomic E-state index is 0.605. The molecule has 80 valence electrons. The first-order valence-electron chi connectivity index (χ1n) is 4.63. The van der Waals surface area contributed by atoms with E-state index in [1.165, 1.54) is 11.8 Å². The van der Waals surface area contributed by atoms with Gasteiger partial charge in [-0.2, -0.15) is 0 Å². The molecule has 0 bridgehead atoms. The minimum Gasteiger partial charge on any atom is -0.298 e. The van der Waals surface area contributed by atoms with E-state index >= 15 is 0 Å². The largest absolute Gasteiger partial charge is 0.298 e. The number of halogens is 1. The number of pyridine rings is 1. The van der Waals surface area contributed by atoms with Gasteiger partial charge < -0.3 is 0 Å². The second kappa shape index (κ2) is 5.14. The zero-order valence-corrected chi connectivity index (χ0v) is 9.83. The molecule has 0 unspecified atom stereocenters. The fourth-order valence-corrected chi connectivity index (χ4v) is 2.17. The van der Waals surface area contributed by atoms with E-state index in [-0.39, 0.29) is 0 Å². The highest BCUT2D eigenvalue weighted by atomic mass is 35.5. The van der Waals surface area contributed by atoms with E-state index in [4.69, 9.17) is 11.6 Å². The van der Waals surface area contributed by atoms with Crippen LogP contribution < -0.4 is 0 Å². The average Bonchev–Trinajstić information content (AvgIpc) is 2.33. The Kier molecular flexibility index (Phi) is 3.59. The van der Waals surface area contributed by atoms with Crippen LogP contribution >= 0.6 is 23.4 Å². The number of rotatable bonds is 3. The van der Waals surface area contributed by atoms with Crippen molar-refractivity contribution in [2.24, 2.45) is 0 Å². The highest BCUT2D eigenvalue weighted by Gasteiger charge is 2.03. The standard InChI is InChI=1S/C12H8ClNOS/c13-10-5-6-12(14-7-10)16-11-4-2-1-3-9(11)8-15/h1-8H. The quantitative estimate of drug-likeness (QED) is 0.777. The van der Waals surface area contributed by atoms with E-state index in [1.807, 2.05) is 24.3 Å². The Morgan fingerprint density at radius 2 is 2.00 bits per heavy atom. The van der Waals surface area contributed by atoms with E-state index in [2.05, 4.69) is 4.98 Å². The number of nitrogens with zero attached hydrogens (tertiary/aromatic N) is 1. The third-order valence-electron chi connectivity index (χ3n) is 1.96. The summed E-state index contributed by atoms with van der Waals surface area (Å²) < 4.78 is 0. The second-order valence-corrected chi connectivity index (χ2v) is 4.57. The van der Waals surface area contributed by atoms with Gasteiger partial charge in [0.15, 0.2) is 6.29 Å². The van der Waals surface area contributed by atoms with Crippen LogP contribution in [0.5, 0.6) is 0 Å². The van der Waals surface area contributed by atoms with Crippen molar-refractivity contribution in [2.75, 3.05) is 0 Å². The predicted octanol–water partition coefficient (Wildman–Crippen LogP) is 3.70. The van der Waals surface area contributed by atoms with Crippen LogP contribution in [-0.2, 0) is 0 Å². The van der Waals surface area contributed by atoms with E-state index in [0.717, 1.165) is 16.2 Å². The van der Waals surface area contributed by atoms with Gasteiger partial charge in [0.05, 0.1) is 5.02 Å². The van der Waals surface area contributed by atoms with Gasteiger partial charge in [-0.1, -0.05) is 41.6 Å². The van der Waals surface area contributed by atoms with Crippen LogP contribution in [0.2, 0.25) is 5.02 Å². The van der Waals surface area contributed by atoms with Crippen molar-refractivity contribution < 1.29 is 4.79 Å². The lowest BCUT2D eigenvalue weighted by Crippen LogP contribution is -1.85. The van der Waals surface area contributed by atoms with Gasteiger partial charge in [-0.25, -0.2) is 4.98 Å². The average molecular weight is 250 g/mol. The van der Waals surface area contributed by atoms with E-state index in [0.29, 0.717) is 10.6 Å². The van der Waals surface area contributed by atoms with Gasteiger partial charge in [0.2, 0.25) is 0 Å². The molecule has 0 aliphatic rings. The van der Waals surface area contributed by atoms with Crippen LogP contribution in [0.1, 0.15) is 10.4 Å². The molecule has 0 amide bonds. The van der Waals surface area contributed by atoms with Crippen molar-refractivity contribution in [2.45, 2.75) is 9.92 Å². The molecule has 2 rings (SSSR count). The monoisotopic (exact) mass is 249 g/mol. The first kappa shape index (κ1) is 11.2. The predicted molar refractivity (Wildman–Crippen MR) is 65.2 cm³/mol. The van der Waals surface area contributed by atoms with Crippen molar-refractivity contribution in [3.8, 4) is 0 Å². The summed E-state index contributed by atoms with van der Waals surface area (Å²) in [5, 5.41) is 1.42. The fraction of sp³-hybridized carbons (Fsp3) is 0. The van der Waals surface area contributed by atoms with Crippen LogP contribution in [0.4, 0.5) is 0 Å². The molecule has 1 aromatic heterocycles. The SMILES string of the molecule is O=Cc1ccccc1Sc1ccc(Cl)cn1. The smallest absolute Gasteiger partial charge is 0.151 e. The molecule has 16 heavy (non-hydrogen) atoms. The van der Waals surface area contributed by atoms with Gasteiger partial charge >= 0.3 is 0 Å². The molecule has 0 N–H and O–H groups in total. The Labute approximate surface area is 103 Å². The second-order valence-electron chi connectivity index (χ2n) is 3.07. The molecule has 0 spiro atoms. The summed E-state index contributed by atoms with van der Waals surface area (Å²) in [5.74, 6) is 0. The molecule has 0 aliphatic carbocycles. The highest BCUT2D eigenvalue weighted by Crippen LogP contribution is 2.28. The van der Waals surface area contributed by atoms with Crippen LogP contribution in [0.15, 0.2) is 52.5 Å². The molecule has 0 atom stereocenters. The zero-order valence-electron chi connectivity index (χ0n) is 8.26. The molecule has 4 heteroatoms. The van der Waals surface area contributed by atoms with Crippen molar-refractivity contribution in [3.05, 3.63) is 53.2 Å². The molecule has 0 fully saturated rings. The fourth-order valence-electron chi connectivity index (χ4n) is 1.21. The number of aromatic nitrogens is 1. The number of hydrogen-bond donors (Lipinski definition) is 0. The minimum absolute atomic E-state index is 0.605. The van der Waals surface area contributed by atoms with Gasteiger partial charge in [0.1, 0.15) is 5.03 Å². The van der Waals surface area contributed by atoms with Gasteiger partial charge in [0, 0.05) is 16.7 Å². The lowest BCUT2D eigenvalue weighted by atomic mass is 10.2. The van der Waals surface area contributed by atoms with Crippen molar-refractivity contribution in [1.82, 2.24) is 4.98 Å². The molecule has 1 heterocycles. The Morgan fingerprint density at radius 1 is 1.19 bits per heavy atom. The number of aldehydes is 1.